The molecule has 28 heavy (non-hydrogen) atoms. The van der Waals surface area contributed by atoms with Crippen molar-refractivity contribution in [3.05, 3.63) is 70.7 Å². The molecule has 7 heteroatoms. The Labute approximate surface area is 166 Å². The van der Waals surface area contributed by atoms with E-state index in [1.165, 1.54) is 18.3 Å². The molecule has 0 spiro atoms. The van der Waals surface area contributed by atoms with Gasteiger partial charge in [-0.05, 0) is 32.0 Å². The lowest BCUT2D eigenvalue weighted by Gasteiger charge is -2.13. The molecule has 1 amide bonds. The first kappa shape index (κ1) is 19.3. The van der Waals surface area contributed by atoms with E-state index in [9.17, 15) is 9.59 Å². The number of nitriles is 1. The molecule has 6 nitrogen and oxygen atoms in total. The third-order valence-electron chi connectivity index (χ3n) is 3.91. The number of hydrogen-bond acceptors (Lipinski definition) is 6. The zero-order valence-corrected chi connectivity index (χ0v) is 16.1. The molecule has 3 aromatic rings. The van der Waals surface area contributed by atoms with Gasteiger partial charge in [0.25, 0.3) is 5.91 Å². The summed E-state index contributed by atoms with van der Waals surface area (Å²) < 4.78 is 5.31. The number of aromatic nitrogens is 1. The highest BCUT2D eigenvalue weighted by atomic mass is 32.1. The maximum absolute atomic E-state index is 12.5. The van der Waals surface area contributed by atoms with Crippen LogP contribution in [0.4, 0.5) is 5.69 Å². The van der Waals surface area contributed by atoms with E-state index < -0.39 is 18.0 Å². The predicted molar refractivity (Wildman–Crippen MR) is 107 cm³/mol. The van der Waals surface area contributed by atoms with Gasteiger partial charge in [-0.2, -0.15) is 5.26 Å². The summed E-state index contributed by atoms with van der Waals surface area (Å²) in [5.74, 6) is -1.07. The van der Waals surface area contributed by atoms with Gasteiger partial charge in [0.15, 0.2) is 6.10 Å². The third-order valence-corrected chi connectivity index (χ3v) is 5.10. The van der Waals surface area contributed by atoms with Gasteiger partial charge >= 0.3 is 5.97 Å². The minimum Gasteiger partial charge on any atom is -0.448 e. The third kappa shape index (κ3) is 4.42. The van der Waals surface area contributed by atoms with Crippen LogP contribution in [0.25, 0.3) is 10.6 Å². The van der Waals surface area contributed by atoms with Gasteiger partial charge in [-0.1, -0.05) is 36.4 Å². The number of amides is 1. The first-order valence-corrected chi connectivity index (χ1v) is 9.34. The number of nitrogens with zero attached hydrogens (tertiary/aromatic N) is 2. The lowest BCUT2D eigenvalue weighted by Crippen LogP contribution is -2.30. The molecule has 2 aromatic carbocycles. The molecule has 0 saturated heterocycles. The minimum atomic E-state index is -1.00. The highest BCUT2D eigenvalue weighted by Crippen LogP contribution is 2.28. The second-order valence-corrected chi connectivity index (χ2v) is 7.03. The minimum absolute atomic E-state index is 0.366. The largest absolute Gasteiger partial charge is 0.448 e. The molecule has 0 aliphatic heterocycles. The van der Waals surface area contributed by atoms with E-state index in [0.29, 0.717) is 21.8 Å². The lowest BCUT2D eigenvalue weighted by molar-refractivity contribution is -0.123. The summed E-state index contributed by atoms with van der Waals surface area (Å²) >= 11 is 1.23. The molecule has 140 valence electrons. The van der Waals surface area contributed by atoms with Crippen molar-refractivity contribution < 1.29 is 14.3 Å². The van der Waals surface area contributed by atoms with E-state index >= 15 is 0 Å². The topological polar surface area (TPSA) is 92.1 Å². The molecule has 1 atom stereocenters. The summed E-state index contributed by atoms with van der Waals surface area (Å²) in [5.41, 5.74) is 2.37. The van der Waals surface area contributed by atoms with Crippen molar-refractivity contribution in [3.8, 4) is 16.6 Å². The Morgan fingerprint density at radius 1 is 1.18 bits per heavy atom. The number of nitrogens with one attached hydrogen (secondary N) is 1. The molecule has 1 aromatic heterocycles. The molecule has 0 unspecified atom stereocenters. The van der Waals surface area contributed by atoms with Gasteiger partial charge in [0.05, 0.1) is 17.3 Å². The Balaban J connectivity index is 1.68. The molecule has 0 fully saturated rings. The fourth-order valence-corrected chi connectivity index (χ4v) is 3.42. The first-order valence-electron chi connectivity index (χ1n) is 8.53. The summed E-state index contributed by atoms with van der Waals surface area (Å²) in [5, 5.41) is 12.3. The number of esters is 1. The van der Waals surface area contributed by atoms with Gasteiger partial charge in [-0.25, -0.2) is 9.78 Å². The van der Waals surface area contributed by atoms with Crippen LogP contribution in [0.3, 0.4) is 0 Å². The molecule has 1 heterocycles. The van der Waals surface area contributed by atoms with Crippen LogP contribution in [0.15, 0.2) is 54.6 Å². The molecule has 0 saturated carbocycles. The standard InChI is InChI=1S/C21H17N3O3S/c1-13-18(28-20(23-13)16-8-4-3-5-9-16)21(26)27-14(2)19(25)24-17-10-6-7-15(11-17)12-22/h3-11,14H,1-2H3,(H,24,25)/t14-/m1/s1. The number of ether oxygens (including phenoxy) is 1. The van der Waals surface area contributed by atoms with Crippen LogP contribution in [0.2, 0.25) is 0 Å². The van der Waals surface area contributed by atoms with Gasteiger partial charge in [0.2, 0.25) is 0 Å². The van der Waals surface area contributed by atoms with E-state index in [4.69, 9.17) is 10.00 Å². The fourth-order valence-electron chi connectivity index (χ4n) is 2.47. The number of aryl methyl sites for hydroxylation is 1. The Morgan fingerprint density at radius 3 is 2.64 bits per heavy atom. The van der Waals surface area contributed by atoms with Crippen LogP contribution < -0.4 is 5.32 Å². The smallest absolute Gasteiger partial charge is 0.351 e. The SMILES string of the molecule is Cc1nc(-c2ccccc2)sc1C(=O)O[C@H](C)C(=O)Nc1cccc(C#N)c1. The number of rotatable bonds is 5. The van der Waals surface area contributed by atoms with Crippen molar-refractivity contribution in [1.82, 2.24) is 4.98 Å². The monoisotopic (exact) mass is 391 g/mol. The van der Waals surface area contributed by atoms with Crippen molar-refractivity contribution in [3.63, 3.8) is 0 Å². The first-order chi connectivity index (χ1) is 13.5. The number of benzene rings is 2. The van der Waals surface area contributed by atoms with Crippen LogP contribution >= 0.6 is 11.3 Å². The highest BCUT2D eigenvalue weighted by Gasteiger charge is 2.23. The van der Waals surface area contributed by atoms with E-state index in [1.807, 2.05) is 36.4 Å². The number of hydrogen-bond donors (Lipinski definition) is 1. The van der Waals surface area contributed by atoms with Crippen molar-refractivity contribution >= 4 is 28.9 Å². The normalized spacial score (nSPS) is 11.3. The van der Waals surface area contributed by atoms with Crippen LogP contribution in [-0.4, -0.2) is 23.0 Å². The summed E-state index contributed by atoms with van der Waals surface area (Å²) in [6.45, 7) is 3.23. The summed E-state index contributed by atoms with van der Waals surface area (Å²) in [7, 11) is 0. The lowest BCUT2D eigenvalue weighted by atomic mass is 10.2. The average molecular weight is 391 g/mol. The van der Waals surface area contributed by atoms with Gasteiger partial charge in [-0.3, -0.25) is 4.79 Å². The van der Waals surface area contributed by atoms with E-state index in [0.717, 1.165) is 10.6 Å². The maximum atomic E-state index is 12.5. The molecule has 3 rings (SSSR count). The fraction of sp³-hybridized carbons (Fsp3) is 0.143. The number of thiazole rings is 1. The Hall–Kier alpha value is -3.50. The van der Waals surface area contributed by atoms with Crippen LogP contribution in [0, 0.1) is 18.3 Å². The van der Waals surface area contributed by atoms with Crippen molar-refractivity contribution in [2.24, 2.45) is 0 Å². The molecule has 1 N–H and O–H groups in total. The quantitative estimate of drug-likeness (QED) is 0.659. The Morgan fingerprint density at radius 2 is 1.93 bits per heavy atom. The van der Waals surface area contributed by atoms with Crippen molar-refractivity contribution in [2.45, 2.75) is 20.0 Å². The van der Waals surface area contributed by atoms with E-state index in [-0.39, 0.29) is 0 Å². The summed E-state index contributed by atoms with van der Waals surface area (Å²) in [6.07, 6.45) is -1.00. The average Bonchev–Trinajstić information content (AvgIpc) is 3.10. The van der Waals surface area contributed by atoms with Crippen LogP contribution in [-0.2, 0) is 9.53 Å². The Bertz CT molecular complexity index is 1050. The summed E-state index contributed by atoms with van der Waals surface area (Å²) in [6, 6.07) is 18.0. The van der Waals surface area contributed by atoms with Gasteiger partial charge in [-0.15, -0.1) is 11.3 Å². The highest BCUT2D eigenvalue weighted by molar-refractivity contribution is 7.17. The number of anilines is 1. The van der Waals surface area contributed by atoms with Crippen molar-refractivity contribution in [1.29, 1.82) is 5.26 Å². The molecule has 0 bridgehead atoms. The van der Waals surface area contributed by atoms with Crippen molar-refractivity contribution in [2.75, 3.05) is 5.32 Å². The van der Waals surface area contributed by atoms with Crippen LogP contribution in [0.1, 0.15) is 27.9 Å². The molecule has 0 radical (unpaired) electrons. The zero-order chi connectivity index (χ0) is 20.1. The predicted octanol–water partition coefficient (Wildman–Crippen LogP) is 4.17. The van der Waals surface area contributed by atoms with Gasteiger partial charge in [0.1, 0.15) is 9.88 Å². The molecule has 0 aliphatic rings. The van der Waals surface area contributed by atoms with E-state index in [2.05, 4.69) is 10.3 Å². The maximum Gasteiger partial charge on any atom is 0.351 e. The number of carbonyl (C=O) groups is 2. The van der Waals surface area contributed by atoms with Crippen LogP contribution in [0.5, 0.6) is 0 Å². The number of carbonyl (C=O) groups excluding carboxylic acids is 2. The zero-order valence-electron chi connectivity index (χ0n) is 15.3. The van der Waals surface area contributed by atoms with E-state index in [1.54, 1.807) is 31.2 Å². The molecular weight excluding hydrogens is 374 g/mol. The second kappa shape index (κ2) is 8.46. The van der Waals surface area contributed by atoms with Gasteiger partial charge < -0.3 is 10.1 Å². The second-order valence-electron chi connectivity index (χ2n) is 6.03. The molecule has 0 aliphatic carbocycles. The molecular formula is C21H17N3O3S. The Kier molecular flexibility index (Phi) is 5.82. The van der Waals surface area contributed by atoms with Gasteiger partial charge in [0, 0.05) is 11.3 Å². The summed E-state index contributed by atoms with van der Waals surface area (Å²) in [4.78, 5) is 29.6.